The summed E-state index contributed by atoms with van der Waals surface area (Å²) in [5.74, 6) is 5.60. The zero-order chi connectivity index (χ0) is 22.1. The lowest BCUT2D eigenvalue weighted by molar-refractivity contribution is 0.0959. The SMILES string of the molecule is CSc1cnc(NCCCNc2nc3ccc(C(=O)NC/C(N)=N/NN)cc3s2)nc1. The minimum absolute atomic E-state index is 0.0946. The summed E-state index contributed by atoms with van der Waals surface area (Å²) >= 11 is 3.10. The van der Waals surface area contributed by atoms with Crippen molar-refractivity contribution in [1.29, 1.82) is 0 Å². The highest BCUT2D eigenvalue weighted by Gasteiger charge is 2.10. The lowest BCUT2D eigenvalue weighted by Gasteiger charge is -2.05. The van der Waals surface area contributed by atoms with E-state index in [2.05, 4.69) is 41.5 Å². The maximum atomic E-state index is 12.3. The number of carbonyl (C=O) groups is 1. The van der Waals surface area contributed by atoms with Gasteiger partial charge in [0.05, 0.1) is 16.8 Å². The summed E-state index contributed by atoms with van der Waals surface area (Å²) in [5, 5.41) is 13.6. The second-order valence-electron chi connectivity index (χ2n) is 6.27. The van der Waals surface area contributed by atoms with Crippen LogP contribution in [0, 0.1) is 0 Å². The molecular formula is C18H24N10OS2. The molecule has 13 heteroatoms. The Kier molecular flexibility index (Phi) is 8.20. The third-order valence-corrected chi connectivity index (χ3v) is 5.72. The van der Waals surface area contributed by atoms with Crippen molar-refractivity contribution in [3.63, 3.8) is 0 Å². The van der Waals surface area contributed by atoms with E-state index in [4.69, 9.17) is 11.6 Å². The number of hydrogen-bond acceptors (Lipinski definition) is 11. The minimum atomic E-state index is -0.251. The Labute approximate surface area is 187 Å². The van der Waals surface area contributed by atoms with Gasteiger partial charge in [0, 0.05) is 35.9 Å². The number of anilines is 2. The van der Waals surface area contributed by atoms with E-state index in [-0.39, 0.29) is 18.3 Å². The second-order valence-corrected chi connectivity index (χ2v) is 8.18. The topological polar surface area (TPSA) is 168 Å². The Hall–Kier alpha value is -3.16. The molecule has 2 aromatic heterocycles. The number of thioether (sulfide) groups is 1. The van der Waals surface area contributed by atoms with E-state index in [1.54, 1.807) is 36.3 Å². The van der Waals surface area contributed by atoms with Crippen LogP contribution in [0.15, 0.2) is 40.6 Å². The fourth-order valence-corrected chi connectivity index (χ4v) is 3.78. The summed E-state index contributed by atoms with van der Waals surface area (Å²) in [6.07, 6.45) is 6.46. The molecule has 0 unspecified atom stereocenters. The molecular weight excluding hydrogens is 436 g/mol. The Morgan fingerprint density at radius 3 is 2.74 bits per heavy atom. The zero-order valence-corrected chi connectivity index (χ0v) is 18.5. The molecule has 0 aliphatic carbocycles. The van der Waals surface area contributed by atoms with Gasteiger partial charge in [-0.05, 0) is 30.9 Å². The van der Waals surface area contributed by atoms with Gasteiger partial charge >= 0.3 is 0 Å². The van der Waals surface area contributed by atoms with Crippen LogP contribution in [0.1, 0.15) is 16.8 Å². The summed E-state index contributed by atoms with van der Waals surface area (Å²) in [6, 6.07) is 5.35. The van der Waals surface area contributed by atoms with Crippen molar-refractivity contribution in [2.75, 3.05) is 36.5 Å². The molecule has 164 valence electrons. The van der Waals surface area contributed by atoms with Crippen molar-refractivity contribution in [2.24, 2.45) is 16.7 Å². The van der Waals surface area contributed by atoms with Gasteiger partial charge in [0.1, 0.15) is 5.84 Å². The number of amidine groups is 1. The van der Waals surface area contributed by atoms with Gasteiger partial charge in [-0.15, -0.1) is 11.8 Å². The Bertz CT molecular complexity index is 1040. The van der Waals surface area contributed by atoms with Crippen molar-refractivity contribution in [1.82, 2.24) is 25.8 Å². The molecule has 3 aromatic rings. The fourth-order valence-electron chi connectivity index (χ4n) is 2.53. The van der Waals surface area contributed by atoms with E-state index in [0.717, 1.165) is 39.8 Å². The van der Waals surface area contributed by atoms with Crippen molar-refractivity contribution in [2.45, 2.75) is 11.3 Å². The number of hydrazine groups is 1. The Morgan fingerprint density at radius 1 is 1.23 bits per heavy atom. The second kappa shape index (κ2) is 11.3. The van der Waals surface area contributed by atoms with Crippen LogP contribution >= 0.6 is 23.1 Å². The van der Waals surface area contributed by atoms with Crippen molar-refractivity contribution >= 4 is 56.1 Å². The lowest BCUT2D eigenvalue weighted by Crippen LogP contribution is -2.35. The van der Waals surface area contributed by atoms with Gasteiger partial charge in [0.2, 0.25) is 5.95 Å². The first-order valence-electron chi connectivity index (χ1n) is 9.39. The van der Waals surface area contributed by atoms with Crippen molar-refractivity contribution in [3.05, 3.63) is 36.2 Å². The van der Waals surface area contributed by atoms with Crippen LogP contribution in [0.25, 0.3) is 10.2 Å². The largest absolute Gasteiger partial charge is 0.384 e. The molecule has 0 aliphatic heterocycles. The fraction of sp³-hybridized carbons (Fsp3) is 0.278. The predicted molar refractivity (Wildman–Crippen MR) is 126 cm³/mol. The molecule has 0 atom stereocenters. The highest BCUT2D eigenvalue weighted by atomic mass is 32.2. The molecule has 0 saturated heterocycles. The summed E-state index contributed by atoms with van der Waals surface area (Å²) in [6.45, 7) is 1.58. The van der Waals surface area contributed by atoms with Gasteiger partial charge in [-0.25, -0.2) is 26.3 Å². The molecule has 2 heterocycles. The molecule has 0 radical (unpaired) electrons. The number of hydrazone groups is 1. The van der Waals surface area contributed by atoms with Gasteiger partial charge in [-0.2, -0.15) is 5.10 Å². The van der Waals surface area contributed by atoms with E-state index in [9.17, 15) is 4.79 Å². The van der Waals surface area contributed by atoms with Gasteiger partial charge in [0.25, 0.3) is 5.91 Å². The first kappa shape index (κ1) is 22.5. The number of thiazole rings is 1. The Morgan fingerprint density at radius 2 is 2.00 bits per heavy atom. The number of aromatic nitrogens is 3. The van der Waals surface area contributed by atoms with Crippen LogP contribution in [-0.4, -0.2) is 52.6 Å². The van der Waals surface area contributed by atoms with Crippen LogP contribution in [0.5, 0.6) is 0 Å². The number of hydrogen-bond donors (Lipinski definition) is 6. The molecule has 0 spiro atoms. The van der Waals surface area contributed by atoms with E-state index in [0.29, 0.717) is 11.5 Å². The predicted octanol–water partition coefficient (Wildman–Crippen LogP) is 1.19. The van der Waals surface area contributed by atoms with Crippen LogP contribution in [-0.2, 0) is 0 Å². The number of nitrogens with two attached hydrogens (primary N) is 2. The summed E-state index contributed by atoms with van der Waals surface area (Å²) in [7, 11) is 0. The minimum Gasteiger partial charge on any atom is -0.384 e. The third kappa shape index (κ3) is 6.67. The van der Waals surface area contributed by atoms with Crippen molar-refractivity contribution < 1.29 is 4.79 Å². The van der Waals surface area contributed by atoms with Gasteiger partial charge in [-0.1, -0.05) is 11.3 Å². The molecule has 0 bridgehead atoms. The number of benzene rings is 1. The number of fused-ring (bicyclic) bond motifs is 1. The quantitative estimate of drug-likeness (QED) is 0.0610. The first-order chi connectivity index (χ1) is 15.1. The zero-order valence-electron chi connectivity index (χ0n) is 16.9. The van der Waals surface area contributed by atoms with Gasteiger partial charge in [0.15, 0.2) is 5.13 Å². The van der Waals surface area contributed by atoms with Crippen LogP contribution in [0.2, 0.25) is 0 Å². The summed E-state index contributed by atoms with van der Waals surface area (Å²) in [5.41, 5.74) is 9.02. The first-order valence-corrected chi connectivity index (χ1v) is 11.4. The summed E-state index contributed by atoms with van der Waals surface area (Å²) in [4.78, 5) is 26.4. The normalized spacial score (nSPS) is 11.4. The number of nitrogens with zero attached hydrogens (tertiary/aromatic N) is 4. The van der Waals surface area contributed by atoms with Gasteiger partial charge in [-0.3, -0.25) is 4.79 Å². The molecule has 3 rings (SSSR count). The van der Waals surface area contributed by atoms with E-state index >= 15 is 0 Å². The van der Waals surface area contributed by atoms with E-state index in [1.807, 2.05) is 12.3 Å². The van der Waals surface area contributed by atoms with Crippen LogP contribution in [0.3, 0.4) is 0 Å². The van der Waals surface area contributed by atoms with E-state index in [1.165, 1.54) is 11.3 Å². The monoisotopic (exact) mass is 460 g/mol. The average molecular weight is 461 g/mol. The average Bonchev–Trinajstić information content (AvgIpc) is 3.20. The molecule has 0 fully saturated rings. The van der Waals surface area contributed by atoms with E-state index < -0.39 is 0 Å². The number of nitrogens with one attached hydrogen (secondary N) is 4. The summed E-state index contributed by atoms with van der Waals surface area (Å²) < 4.78 is 0.917. The Balaban J connectivity index is 1.47. The van der Waals surface area contributed by atoms with Crippen molar-refractivity contribution in [3.8, 4) is 0 Å². The molecule has 8 N–H and O–H groups in total. The molecule has 1 amide bonds. The lowest BCUT2D eigenvalue weighted by atomic mass is 10.2. The number of amides is 1. The highest BCUT2D eigenvalue weighted by molar-refractivity contribution is 7.98. The molecule has 0 aliphatic rings. The van der Waals surface area contributed by atoms with Crippen LogP contribution < -0.4 is 33.1 Å². The molecule has 1 aromatic carbocycles. The number of rotatable bonds is 11. The number of carbonyl (C=O) groups excluding carboxylic acids is 1. The maximum Gasteiger partial charge on any atom is 0.251 e. The molecule has 11 nitrogen and oxygen atoms in total. The maximum absolute atomic E-state index is 12.3. The van der Waals surface area contributed by atoms with Gasteiger partial charge < -0.3 is 21.7 Å². The smallest absolute Gasteiger partial charge is 0.251 e. The standard InChI is InChI=1S/C18H24N10OS2/c1-30-12-8-24-17(25-9-12)21-5-2-6-22-18-26-13-4-3-11(7-14(13)31-18)16(29)23-10-15(19)27-28-20/h3-4,7-9,28H,2,5-6,10,20H2,1H3,(H2,19,27)(H,22,26)(H,23,29)(H,21,24,25). The van der Waals surface area contributed by atoms with Crippen LogP contribution in [0.4, 0.5) is 11.1 Å². The molecule has 31 heavy (non-hydrogen) atoms. The third-order valence-electron chi connectivity index (χ3n) is 4.07. The molecule has 0 saturated carbocycles. The highest BCUT2D eigenvalue weighted by Crippen LogP contribution is 2.26.